The van der Waals surface area contributed by atoms with Gasteiger partial charge in [-0.15, -0.1) is 5.10 Å². The third kappa shape index (κ3) is 3.39. The van der Waals surface area contributed by atoms with Crippen molar-refractivity contribution in [2.75, 3.05) is 32.8 Å². The first-order valence-electron chi connectivity index (χ1n) is 11.0. The van der Waals surface area contributed by atoms with Gasteiger partial charge in [0.25, 0.3) is 0 Å². The van der Waals surface area contributed by atoms with Gasteiger partial charge in [0.2, 0.25) is 5.95 Å². The summed E-state index contributed by atoms with van der Waals surface area (Å²) in [5.41, 5.74) is 6.18. The molecule has 0 aliphatic carbocycles. The van der Waals surface area contributed by atoms with Crippen molar-refractivity contribution in [3.8, 4) is 22.8 Å². The lowest BCUT2D eigenvalue weighted by Gasteiger charge is -2.34. The quantitative estimate of drug-likeness (QED) is 0.485. The average Bonchev–Trinajstić information content (AvgIpc) is 3.41. The van der Waals surface area contributed by atoms with Crippen LogP contribution in [-0.2, 0) is 17.8 Å². The molecular formula is C25H25N5O3. The van der Waals surface area contributed by atoms with Crippen LogP contribution < -0.4 is 14.8 Å². The summed E-state index contributed by atoms with van der Waals surface area (Å²) in [6.45, 7) is 3.40. The number of methoxy groups -OCH3 is 2. The molecule has 0 unspecified atom stereocenters. The highest BCUT2D eigenvalue weighted by Gasteiger charge is 2.33. The van der Waals surface area contributed by atoms with E-state index in [1.165, 1.54) is 11.1 Å². The molecule has 2 aromatic carbocycles. The van der Waals surface area contributed by atoms with Gasteiger partial charge in [-0.3, -0.25) is 4.90 Å². The third-order valence-electron chi connectivity index (χ3n) is 6.46. The number of ether oxygens (including phenoxy) is 3. The number of nitrogens with one attached hydrogen (secondary N) is 1. The lowest BCUT2D eigenvalue weighted by Crippen LogP contribution is -2.46. The highest BCUT2D eigenvalue weighted by atomic mass is 16.5. The van der Waals surface area contributed by atoms with Crippen molar-refractivity contribution >= 4 is 17.2 Å². The Hall–Kier alpha value is -3.62. The summed E-state index contributed by atoms with van der Waals surface area (Å²) in [6, 6.07) is 16.6. The molecular weight excluding hydrogens is 418 g/mol. The number of benzene rings is 2. The van der Waals surface area contributed by atoms with E-state index in [9.17, 15) is 0 Å². The van der Waals surface area contributed by atoms with Gasteiger partial charge < -0.3 is 19.5 Å². The zero-order valence-electron chi connectivity index (χ0n) is 18.6. The fourth-order valence-corrected chi connectivity index (χ4v) is 4.63. The minimum absolute atomic E-state index is 0.492. The maximum atomic E-state index is 5.84. The van der Waals surface area contributed by atoms with Crippen molar-refractivity contribution in [3.05, 3.63) is 65.9 Å². The fourth-order valence-electron chi connectivity index (χ4n) is 4.63. The minimum atomic E-state index is 0.492. The van der Waals surface area contributed by atoms with E-state index in [4.69, 9.17) is 19.3 Å². The van der Waals surface area contributed by atoms with Gasteiger partial charge in [0.15, 0.2) is 0 Å². The average molecular weight is 444 g/mol. The third-order valence-corrected chi connectivity index (χ3v) is 6.46. The van der Waals surface area contributed by atoms with Gasteiger partial charge in [-0.1, -0.05) is 18.2 Å². The lowest BCUT2D eigenvalue weighted by atomic mass is 10.1. The highest BCUT2D eigenvalue weighted by Crippen LogP contribution is 2.39. The Morgan fingerprint density at radius 1 is 1.00 bits per heavy atom. The molecule has 0 amide bonds. The number of fused-ring (bicyclic) bond motifs is 2. The molecule has 8 heteroatoms. The molecule has 33 heavy (non-hydrogen) atoms. The molecule has 1 saturated heterocycles. The molecule has 2 aliphatic heterocycles. The SMILES string of the molecule is COc1ccccc1-c1ccc2cnc(Nc3ccc4c(c3OC)CN(C3COC3)C4)nn12. The molecule has 4 heterocycles. The molecule has 1 fully saturated rings. The molecule has 0 bridgehead atoms. The number of hydrogen-bond donors (Lipinski definition) is 1. The first kappa shape index (κ1) is 20.0. The summed E-state index contributed by atoms with van der Waals surface area (Å²) in [5.74, 6) is 2.14. The van der Waals surface area contributed by atoms with Gasteiger partial charge >= 0.3 is 0 Å². The Morgan fingerprint density at radius 2 is 1.88 bits per heavy atom. The Kier molecular flexibility index (Phi) is 4.89. The molecule has 2 aromatic heterocycles. The number of aromatic nitrogens is 3. The van der Waals surface area contributed by atoms with E-state index in [0.717, 1.165) is 60.3 Å². The molecule has 6 rings (SSSR count). The summed E-state index contributed by atoms with van der Waals surface area (Å²) in [7, 11) is 3.39. The van der Waals surface area contributed by atoms with Gasteiger partial charge in [0.1, 0.15) is 11.5 Å². The van der Waals surface area contributed by atoms with Crippen LogP contribution in [0, 0.1) is 0 Å². The van der Waals surface area contributed by atoms with Gasteiger partial charge in [-0.2, -0.15) is 0 Å². The minimum Gasteiger partial charge on any atom is -0.496 e. The van der Waals surface area contributed by atoms with E-state index in [1.54, 1.807) is 14.2 Å². The van der Waals surface area contributed by atoms with E-state index < -0.39 is 0 Å². The van der Waals surface area contributed by atoms with Gasteiger partial charge in [0, 0.05) is 24.2 Å². The van der Waals surface area contributed by atoms with Gasteiger partial charge in [-0.05, 0) is 35.9 Å². The van der Waals surface area contributed by atoms with Crippen molar-refractivity contribution in [2.24, 2.45) is 0 Å². The molecule has 0 radical (unpaired) electrons. The molecule has 0 atom stereocenters. The molecule has 8 nitrogen and oxygen atoms in total. The molecule has 168 valence electrons. The second kappa shape index (κ2) is 8.06. The number of anilines is 2. The Bertz CT molecular complexity index is 1330. The zero-order valence-corrected chi connectivity index (χ0v) is 18.6. The summed E-state index contributed by atoms with van der Waals surface area (Å²) < 4.78 is 18.6. The van der Waals surface area contributed by atoms with Crippen molar-refractivity contribution in [2.45, 2.75) is 19.1 Å². The van der Waals surface area contributed by atoms with Crippen LogP contribution in [0.4, 0.5) is 11.6 Å². The molecule has 1 N–H and O–H groups in total. The maximum Gasteiger partial charge on any atom is 0.245 e. The van der Waals surface area contributed by atoms with E-state index >= 15 is 0 Å². The fraction of sp³-hybridized carbons (Fsp3) is 0.280. The van der Waals surface area contributed by atoms with Crippen molar-refractivity contribution in [1.82, 2.24) is 19.5 Å². The topological polar surface area (TPSA) is 73.1 Å². The highest BCUT2D eigenvalue weighted by molar-refractivity contribution is 5.72. The van der Waals surface area contributed by atoms with E-state index in [-0.39, 0.29) is 0 Å². The van der Waals surface area contributed by atoms with Crippen molar-refractivity contribution < 1.29 is 14.2 Å². The Labute approximate surface area is 191 Å². The van der Waals surface area contributed by atoms with E-state index in [0.29, 0.717) is 12.0 Å². The maximum absolute atomic E-state index is 5.84. The lowest BCUT2D eigenvalue weighted by molar-refractivity contribution is -0.0670. The molecule has 2 aliphatic rings. The first-order chi connectivity index (χ1) is 16.2. The van der Waals surface area contributed by atoms with Crippen LogP contribution >= 0.6 is 0 Å². The van der Waals surface area contributed by atoms with Crippen molar-refractivity contribution in [3.63, 3.8) is 0 Å². The van der Waals surface area contributed by atoms with Crippen LogP contribution in [0.25, 0.3) is 16.8 Å². The van der Waals surface area contributed by atoms with Crippen LogP contribution in [0.1, 0.15) is 11.1 Å². The largest absolute Gasteiger partial charge is 0.496 e. The summed E-state index contributed by atoms with van der Waals surface area (Å²) >= 11 is 0. The second-order valence-electron chi connectivity index (χ2n) is 8.34. The van der Waals surface area contributed by atoms with Crippen LogP contribution in [0.3, 0.4) is 0 Å². The number of hydrogen-bond acceptors (Lipinski definition) is 7. The number of rotatable bonds is 6. The van der Waals surface area contributed by atoms with Crippen LogP contribution in [0.15, 0.2) is 54.7 Å². The normalized spacial score (nSPS) is 15.9. The summed E-state index contributed by atoms with van der Waals surface area (Å²) in [5, 5.41) is 8.15. The molecule has 4 aromatic rings. The predicted molar refractivity (Wildman–Crippen MR) is 125 cm³/mol. The van der Waals surface area contributed by atoms with Gasteiger partial charge in [0.05, 0.1) is 56.6 Å². The van der Waals surface area contributed by atoms with Gasteiger partial charge in [-0.25, -0.2) is 9.50 Å². The standard InChI is InChI=1S/C25H25N5O3/c1-31-23-6-4-3-5-19(23)22-10-8-17-11-26-25(28-30(17)22)27-21-9-7-16-12-29(18-14-33-15-18)13-20(16)24(21)32-2/h3-11,18H,12-15H2,1-2H3,(H,27,28). The van der Waals surface area contributed by atoms with E-state index in [2.05, 4.69) is 21.3 Å². The monoisotopic (exact) mass is 443 g/mol. The Morgan fingerprint density at radius 3 is 2.67 bits per heavy atom. The predicted octanol–water partition coefficient (Wildman–Crippen LogP) is 3.87. The van der Waals surface area contributed by atoms with Crippen LogP contribution in [-0.4, -0.2) is 53.0 Å². The second-order valence-corrected chi connectivity index (χ2v) is 8.34. The summed E-state index contributed by atoms with van der Waals surface area (Å²) in [4.78, 5) is 6.98. The molecule has 0 spiro atoms. The summed E-state index contributed by atoms with van der Waals surface area (Å²) in [6.07, 6.45) is 1.81. The number of para-hydroxylation sites is 1. The van der Waals surface area contributed by atoms with Crippen LogP contribution in [0.2, 0.25) is 0 Å². The smallest absolute Gasteiger partial charge is 0.245 e. The van der Waals surface area contributed by atoms with Crippen LogP contribution in [0.5, 0.6) is 11.5 Å². The van der Waals surface area contributed by atoms with E-state index in [1.807, 2.05) is 53.2 Å². The molecule has 0 saturated carbocycles. The van der Waals surface area contributed by atoms with Crippen molar-refractivity contribution in [1.29, 1.82) is 0 Å². The zero-order chi connectivity index (χ0) is 22.4. The number of nitrogens with zero attached hydrogens (tertiary/aromatic N) is 4. The Balaban J connectivity index is 1.34. The first-order valence-corrected chi connectivity index (χ1v) is 11.0.